The van der Waals surface area contributed by atoms with Gasteiger partial charge in [0.1, 0.15) is 0 Å². The van der Waals surface area contributed by atoms with Gasteiger partial charge in [0.2, 0.25) is 0 Å². The Bertz CT molecular complexity index is 2060. The lowest BCUT2D eigenvalue weighted by molar-refractivity contribution is 0.182. The summed E-state index contributed by atoms with van der Waals surface area (Å²) in [6.07, 6.45) is -0.0731. The Balaban J connectivity index is 0.000000246. The summed E-state index contributed by atoms with van der Waals surface area (Å²) >= 11 is 32.9. The monoisotopic (exact) mass is 971 g/mol. The highest BCUT2D eigenvalue weighted by molar-refractivity contribution is 8.06. The quantitative estimate of drug-likeness (QED) is 0.0364. The molecular weight excluding hydrogens is 927 g/mol. The molecule has 0 spiro atoms. The Labute approximate surface area is 375 Å². The van der Waals surface area contributed by atoms with Crippen molar-refractivity contribution in [3.63, 3.8) is 0 Å². The molecule has 0 amide bonds. The summed E-state index contributed by atoms with van der Waals surface area (Å²) in [5, 5.41) is 49.6. The first-order chi connectivity index (χ1) is 25.8. The number of benzene rings is 1. The van der Waals surface area contributed by atoms with E-state index in [1.807, 2.05) is 47.0 Å². The van der Waals surface area contributed by atoms with E-state index in [0.29, 0.717) is 41.7 Å². The smallest absolute Gasteiger partial charge is 0.177 e. The Hall–Kier alpha value is -0.540. The van der Waals surface area contributed by atoms with Crippen molar-refractivity contribution in [3.8, 4) is 0 Å². The van der Waals surface area contributed by atoms with E-state index in [9.17, 15) is 10.2 Å². The number of rotatable bonds is 18. The maximum Gasteiger partial charge on any atom is 0.177 e. The molecule has 4 aromatic heterocycles. The molecule has 5 rings (SSSR count). The highest BCUT2D eigenvalue weighted by Crippen LogP contribution is 2.53. The number of aliphatic hydroxyl groups is 2. The maximum absolute atomic E-state index is 10.5. The van der Waals surface area contributed by atoms with Crippen LogP contribution < -0.4 is 4.90 Å². The van der Waals surface area contributed by atoms with Crippen molar-refractivity contribution in [2.75, 3.05) is 29.5 Å². The first-order valence-electron chi connectivity index (χ1n) is 16.8. The lowest BCUT2D eigenvalue weighted by Gasteiger charge is -2.45. The first kappa shape index (κ1) is 47.1. The summed E-state index contributed by atoms with van der Waals surface area (Å²) < 4.78 is 6.18. The van der Waals surface area contributed by atoms with Crippen molar-refractivity contribution in [2.45, 2.75) is 94.5 Å². The van der Waals surface area contributed by atoms with Gasteiger partial charge in [-0.1, -0.05) is 145 Å². The van der Waals surface area contributed by atoms with E-state index in [-0.39, 0.29) is 15.6 Å². The average molecular weight is 973 g/mol. The predicted molar refractivity (Wildman–Crippen MR) is 249 cm³/mol. The fourth-order valence-corrected chi connectivity index (χ4v) is 15.7. The molecule has 0 aliphatic carbocycles. The van der Waals surface area contributed by atoms with Gasteiger partial charge in [0.05, 0.1) is 12.2 Å². The number of H-pyrrole nitrogens is 4. The predicted octanol–water partition coefficient (Wildman–Crippen LogP) is 11.0. The van der Waals surface area contributed by atoms with Crippen molar-refractivity contribution in [3.05, 3.63) is 46.1 Å². The van der Waals surface area contributed by atoms with Crippen LogP contribution in [0.25, 0.3) is 0 Å². The van der Waals surface area contributed by atoms with Crippen LogP contribution in [-0.2, 0) is 0 Å². The van der Waals surface area contributed by atoms with E-state index in [4.69, 9.17) is 48.9 Å². The van der Waals surface area contributed by atoms with Crippen LogP contribution >= 0.6 is 141 Å². The van der Waals surface area contributed by atoms with Gasteiger partial charge in [0.15, 0.2) is 33.2 Å². The van der Waals surface area contributed by atoms with Crippen LogP contribution in [0.3, 0.4) is 0 Å². The van der Waals surface area contributed by atoms with Gasteiger partial charge in [-0.2, -0.15) is 20.4 Å². The molecule has 3 unspecified atom stereocenters. The fourth-order valence-electron chi connectivity index (χ4n) is 6.04. The Morgan fingerprint density at radius 1 is 0.655 bits per heavy atom. The number of nitrogens with zero attached hydrogens (tertiary/aromatic N) is 5. The molecule has 6 N–H and O–H groups in total. The second kappa shape index (κ2) is 21.6. The van der Waals surface area contributed by atoms with Crippen LogP contribution in [0.5, 0.6) is 0 Å². The highest BCUT2D eigenvalue weighted by Gasteiger charge is 2.45. The van der Waals surface area contributed by atoms with E-state index in [0.717, 1.165) is 33.4 Å². The van der Waals surface area contributed by atoms with Crippen molar-refractivity contribution < 1.29 is 10.2 Å². The Morgan fingerprint density at radius 2 is 1.07 bits per heavy atom. The molecule has 11 nitrogen and oxygen atoms in total. The Morgan fingerprint density at radius 3 is 1.47 bits per heavy atom. The van der Waals surface area contributed by atoms with Gasteiger partial charge < -0.3 is 15.1 Å². The van der Waals surface area contributed by atoms with Crippen molar-refractivity contribution in [1.82, 2.24) is 40.8 Å². The van der Waals surface area contributed by atoms with Crippen LogP contribution in [0, 0.1) is 26.6 Å². The minimum atomic E-state index is -0.589. The van der Waals surface area contributed by atoms with Crippen LogP contribution in [0.4, 0.5) is 5.69 Å². The molecule has 23 heteroatoms. The van der Waals surface area contributed by atoms with E-state index < -0.39 is 12.2 Å². The number of aromatic amines is 4. The lowest BCUT2D eigenvalue weighted by Crippen LogP contribution is -2.43. The van der Waals surface area contributed by atoms with Crippen LogP contribution in [0.1, 0.15) is 54.9 Å². The van der Waals surface area contributed by atoms with Crippen LogP contribution in [0.2, 0.25) is 0 Å². The number of aliphatic hydroxyl groups excluding tert-OH is 2. The molecule has 0 bridgehead atoms. The van der Waals surface area contributed by atoms with Gasteiger partial charge in [-0.25, -0.2) is 0 Å². The zero-order chi connectivity index (χ0) is 40.4. The summed E-state index contributed by atoms with van der Waals surface area (Å²) in [4.78, 5) is 2.00. The summed E-state index contributed by atoms with van der Waals surface area (Å²) in [7, 11) is 0. The normalized spacial score (nSPS) is 13.9. The molecule has 0 aliphatic rings. The first-order valence-corrected chi connectivity index (χ1v) is 25.3. The zero-order valence-electron chi connectivity index (χ0n) is 31.2. The third-order valence-corrected chi connectivity index (χ3v) is 17.8. The molecule has 0 radical (unpaired) electrons. The van der Waals surface area contributed by atoms with Gasteiger partial charge in [-0.05, 0) is 92.1 Å². The molecule has 0 aliphatic heterocycles. The number of anilines is 1. The standard InChI is InChI=1S/C16H19N5O2S6.C16H26N4S6/c22-11(8-26-15-19-17-13(24)28-15)6-21(10-4-2-1-3-5-10)7-12(23)9-27-16-20-18-14(25)29-16;1-14(2,3)8-15(4,5)9(23-12-19-17-10(21)24-12)16(6,7)26-13-20-18-11(22)25-13/h1-5,11-12,22-23H,6-9H2,(H,17,24)(H,18,25);9H,8H2,1-7H3,(H,17,21)(H,18,22). The van der Waals surface area contributed by atoms with Gasteiger partial charge in [-0.15, -0.1) is 0 Å². The molecule has 1 aromatic carbocycles. The van der Waals surface area contributed by atoms with Gasteiger partial charge in [0, 0.05) is 40.3 Å². The van der Waals surface area contributed by atoms with Crippen molar-refractivity contribution in [2.24, 2.45) is 10.8 Å². The number of nitrogens with one attached hydrogen (secondary N) is 4. The molecular formula is C32H45N9O2S12. The lowest BCUT2D eigenvalue weighted by atomic mass is 9.71. The number of para-hydroxylation sites is 1. The van der Waals surface area contributed by atoms with Crippen LogP contribution in [-0.4, -0.2) is 97.8 Å². The van der Waals surface area contributed by atoms with Gasteiger partial charge in [-0.3, -0.25) is 20.4 Å². The minimum absolute atomic E-state index is 0.0693. The number of hydrogen-bond donors (Lipinski definition) is 6. The van der Waals surface area contributed by atoms with Crippen molar-refractivity contribution >= 4 is 147 Å². The summed E-state index contributed by atoms with van der Waals surface area (Å²) in [5.41, 5.74) is 1.28. The SMILES string of the molecule is CC(C)(C)CC(C)(C)C(Sc1n[nH]c(=S)s1)C(C)(C)Sc1n[nH]c(=S)s1.OC(CSc1n[nH]c(=S)s1)CN(CC(O)CSc1n[nH]c(=S)s1)c1ccccc1. The van der Waals surface area contributed by atoms with Gasteiger partial charge >= 0.3 is 0 Å². The number of hydrogen-bond acceptors (Lipinski definition) is 19. The van der Waals surface area contributed by atoms with Crippen molar-refractivity contribution in [1.29, 1.82) is 0 Å². The van der Waals surface area contributed by atoms with Gasteiger partial charge in [0.25, 0.3) is 0 Å². The van der Waals surface area contributed by atoms with E-state index in [1.165, 1.54) is 57.5 Å². The van der Waals surface area contributed by atoms with E-state index >= 15 is 0 Å². The fraction of sp³-hybridized carbons (Fsp3) is 0.562. The molecule has 0 saturated heterocycles. The molecule has 5 aromatic rings. The molecule has 0 saturated carbocycles. The molecule has 55 heavy (non-hydrogen) atoms. The van der Waals surface area contributed by atoms with E-state index in [1.54, 1.807) is 23.1 Å². The molecule has 4 heterocycles. The largest absolute Gasteiger partial charge is 0.390 e. The van der Waals surface area contributed by atoms with E-state index in [2.05, 4.69) is 89.3 Å². The summed E-state index contributed by atoms with van der Waals surface area (Å²) in [6.45, 7) is 17.0. The molecule has 0 fully saturated rings. The summed E-state index contributed by atoms with van der Waals surface area (Å²) in [5.74, 6) is 0.974. The average Bonchev–Trinajstić information content (AvgIpc) is 3.90. The second-order valence-electron chi connectivity index (χ2n) is 14.6. The maximum atomic E-state index is 10.5. The number of thioether (sulfide) groups is 4. The third kappa shape index (κ3) is 16.6. The zero-order valence-corrected chi connectivity index (χ0v) is 41.0. The highest BCUT2D eigenvalue weighted by atomic mass is 32.2. The molecule has 302 valence electrons. The second-order valence-corrected chi connectivity index (χ2v) is 27.1. The number of aromatic nitrogens is 8. The minimum Gasteiger partial charge on any atom is -0.390 e. The summed E-state index contributed by atoms with van der Waals surface area (Å²) in [6, 6.07) is 9.77. The topological polar surface area (TPSA) is 158 Å². The molecule has 3 atom stereocenters. The van der Waals surface area contributed by atoms with Crippen LogP contribution in [0.15, 0.2) is 47.7 Å². The third-order valence-electron chi connectivity index (χ3n) is 7.35. The Kier molecular flexibility index (Phi) is 18.5.